The Morgan fingerprint density at radius 1 is 0.689 bits per heavy atom. The number of allylic oxidation sites excluding steroid dienone is 4. The van der Waals surface area contributed by atoms with E-state index in [9.17, 15) is 14.3 Å². The molecule has 0 aliphatic heterocycles. The van der Waals surface area contributed by atoms with E-state index < -0.39 is 13.9 Å². The number of phosphoric ester groups is 1. The molecule has 0 rings (SSSR count). The van der Waals surface area contributed by atoms with E-state index in [1.54, 1.807) is 0 Å². The molecule has 0 bridgehead atoms. The minimum absolute atomic E-state index is 0.0877. The number of quaternary nitrogens is 1. The van der Waals surface area contributed by atoms with Crippen LogP contribution in [0.3, 0.4) is 0 Å². The maximum Gasteiger partial charge on any atom is 0.472 e. The van der Waals surface area contributed by atoms with Crippen molar-refractivity contribution < 1.29 is 37.3 Å². The van der Waals surface area contributed by atoms with E-state index in [1.165, 1.54) is 77.0 Å². The molecule has 0 radical (unpaired) electrons. The Bertz CT molecular complexity index is 782. The fraction of sp³-hybridized carbons (Fsp3) is 0.861. The van der Waals surface area contributed by atoms with E-state index in [0.29, 0.717) is 24.1 Å². The summed E-state index contributed by atoms with van der Waals surface area (Å²) in [6.45, 7) is 5.46. The Morgan fingerprint density at radius 3 is 1.80 bits per heavy atom. The number of ether oxygens (including phenoxy) is 2. The number of esters is 1. The van der Waals surface area contributed by atoms with E-state index in [2.05, 4.69) is 38.2 Å². The van der Waals surface area contributed by atoms with Crippen LogP contribution in [0.1, 0.15) is 142 Å². The van der Waals surface area contributed by atoms with E-state index in [0.717, 1.165) is 44.9 Å². The first-order chi connectivity index (χ1) is 21.6. The lowest BCUT2D eigenvalue weighted by atomic mass is 10.1. The first-order valence-corrected chi connectivity index (χ1v) is 19.6. The smallest absolute Gasteiger partial charge is 0.457 e. The maximum absolute atomic E-state index is 12.3. The zero-order chi connectivity index (χ0) is 33.5. The predicted octanol–water partition coefficient (Wildman–Crippen LogP) is 9.71. The average Bonchev–Trinajstić information content (AvgIpc) is 2.98. The van der Waals surface area contributed by atoms with Gasteiger partial charge in [-0.1, -0.05) is 115 Å². The van der Waals surface area contributed by atoms with Crippen LogP contribution >= 0.6 is 7.82 Å². The normalized spacial score (nSPS) is 14.4. The molecule has 0 aliphatic carbocycles. The van der Waals surface area contributed by atoms with Crippen molar-refractivity contribution >= 4 is 13.8 Å². The highest BCUT2D eigenvalue weighted by atomic mass is 31.2. The predicted molar refractivity (Wildman–Crippen MR) is 187 cm³/mol. The second-order valence-electron chi connectivity index (χ2n) is 13.3. The minimum Gasteiger partial charge on any atom is -0.457 e. The molecule has 45 heavy (non-hydrogen) atoms. The zero-order valence-electron chi connectivity index (χ0n) is 29.9. The van der Waals surface area contributed by atoms with Crippen LogP contribution in [0.25, 0.3) is 0 Å². The van der Waals surface area contributed by atoms with E-state index in [-0.39, 0.29) is 25.8 Å². The average molecular weight is 661 g/mol. The van der Waals surface area contributed by atoms with Gasteiger partial charge < -0.3 is 18.9 Å². The molecule has 0 spiro atoms. The highest BCUT2D eigenvalue weighted by Gasteiger charge is 2.26. The lowest BCUT2D eigenvalue weighted by Gasteiger charge is -2.24. The van der Waals surface area contributed by atoms with E-state index in [4.69, 9.17) is 18.5 Å². The summed E-state index contributed by atoms with van der Waals surface area (Å²) in [5.41, 5.74) is 0. The SMILES string of the molecule is CCCCCC/C=C\C/C=C\CCCCCCCCCCOCC(COP(=O)(O)OCC[N+](C)(C)C)OC(=O)CCCCCC. The molecule has 9 heteroatoms. The molecule has 1 N–H and O–H groups in total. The molecule has 0 aliphatic rings. The second-order valence-corrected chi connectivity index (χ2v) is 14.7. The summed E-state index contributed by atoms with van der Waals surface area (Å²) in [6, 6.07) is 0. The number of nitrogens with zero attached hydrogens (tertiary/aromatic N) is 1. The summed E-state index contributed by atoms with van der Waals surface area (Å²) >= 11 is 0. The van der Waals surface area contributed by atoms with Crippen molar-refractivity contribution in [1.82, 2.24) is 0 Å². The van der Waals surface area contributed by atoms with Crippen LogP contribution in [-0.4, -0.2) is 75.6 Å². The number of hydrogen-bond acceptors (Lipinski definition) is 6. The number of rotatable bonds is 33. The van der Waals surface area contributed by atoms with Crippen LogP contribution in [-0.2, 0) is 27.9 Å². The summed E-state index contributed by atoms with van der Waals surface area (Å²) < 4.78 is 34.5. The van der Waals surface area contributed by atoms with Crippen molar-refractivity contribution in [2.24, 2.45) is 0 Å². The summed E-state index contributed by atoms with van der Waals surface area (Å²) in [7, 11) is 1.66. The number of unbranched alkanes of at least 4 members (excludes halogenated alkanes) is 15. The summed E-state index contributed by atoms with van der Waals surface area (Å²) in [5.74, 6) is -0.335. The molecule has 0 saturated heterocycles. The molecule has 0 fully saturated rings. The van der Waals surface area contributed by atoms with Crippen molar-refractivity contribution in [1.29, 1.82) is 0 Å². The third-order valence-corrected chi connectivity index (χ3v) is 8.50. The molecule has 0 heterocycles. The largest absolute Gasteiger partial charge is 0.472 e. The van der Waals surface area contributed by atoms with Gasteiger partial charge in [0.2, 0.25) is 0 Å². The van der Waals surface area contributed by atoms with E-state index >= 15 is 0 Å². The molecular weight excluding hydrogens is 589 g/mol. The Morgan fingerprint density at radius 2 is 1.22 bits per heavy atom. The van der Waals surface area contributed by atoms with Crippen LogP contribution in [0.5, 0.6) is 0 Å². The topological polar surface area (TPSA) is 91.3 Å². The Hall–Kier alpha value is -1.02. The molecule has 0 aromatic rings. The Balaban J connectivity index is 4.05. The highest BCUT2D eigenvalue weighted by molar-refractivity contribution is 7.47. The van der Waals surface area contributed by atoms with Gasteiger partial charge in [-0.05, 0) is 44.9 Å². The molecule has 2 unspecified atom stereocenters. The van der Waals surface area contributed by atoms with Gasteiger partial charge >= 0.3 is 13.8 Å². The Labute approximate surface area is 277 Å². The lowest BCUT2D eigenvalue weighted by Crippen LogP contribution is -2.37. The quantitative estimate of drug-likeness (QED) is 0.0246. The van der Waals surface area contributed by atoms with Crippen molar-refractivity contribution in [2.45, 2.75) is 148 Å². The zero-order valence-corrected chi connectivity index (χ0v) is 30.7. The molecule has 8 nitrogen and oxygen atoms in total. The van der Waals surface area contributed by atoms with Crippen LogP contribution in [0.4, 0.5) is 0 Å². The van der Waals surface area contributed by atoms with Crippen LogP contribution in [0, 0.1) is 0 Å². The van der Waals surface area contributed by atoms with Gasteiger partial charge in [-0.25, -0.2) is 4.57 Å². The standard InChI is InChI=1S/C36H70NO7P/c1-6-8-10-12-13-14-15-16-17-18-19-20-21-22-23-24-25-26-28-31-41-33-35(44-36(38)29-27-11-9-7-2)34-43-45(39,40)42-32-30-37(3,4)5/h14-15,17-18,35H,6-13,16,19-34H2,1-5H3/p+1/b15-14-,18-17-. The minimum atomic E-state index is -4.25. The van der Waals surface area contributed by atoms with Crippen LogP contribution in [0.15, 0.2) is 24.3 Å². The van der Waals surface area contributed by atoms with Crippen molar-refractivity contribution in [2.75, 3.05) is 54.1 Å². The van der Waals surface area contributed by atoms with Gasteiger partial charge in [0, 0.05) is 13.0 Å². The number of carbonyl (C=O) groups is 1. The molecule has 2 atom stereocenters. The van der Waals surface area contributed by atoms with Crippen LogP contribution in [0.2, 0.25) is 0 Å². The van der Waals surface area contributed by atoms with Gasteiger partial charge in [-0.2, -0.15) is 0 Å². The van der Waals surface area contributed by atoms with Crippen LogP contribution < -0.4 is 0 Å². The van der Waals surface area contributed by atoms with Crippen molar-refractivity contribution in [3.8, 4) is 0 Å². The Kier molecular flexibility index (Phi) is 29.6. The highest BCUT2D eigenvalue weighted by Crippen LogP contribution is 2.43. The summed E-state index contributed by atoms with van der Waals surface area (Å²) in [6.07, 6.45) is 31.1. The first kappa shape index (κ1) is 44.0. The number of phosphoric acid groups is 1. The monoisotopic (exact) mass is 660 g/mol. The van der Waals surface area contributed by atoms with Gasteiger partial charge in [0.1, 0.15) is 19.3 Å². The molecule has 266 valence electrons. The molecule has 0 saturated carbocycles. The fourth-order valence-corrected chi connectivity index (χ4v) is 5.38. The third kappa shape index (κ3) is 34.1. The summed E-state index contributed by atoms with van der Waals surface area (Å²) in [5, 5.41) is 0. The molecule has 0 aromatic heterocycles. The lowest BCUT2D eigenvalue weighted by molar-refractivity contribution is -0.870. The first-order valence-electron chi connectivity index (χ1n) is 18.1. The third-order valence-electron chi connectivity index (χ3n) is 7.52. The molecular formula is C36H71NO7P+. The fourth-order valence-electron chi connectivity index (χ4n) is 4.64. The van der Waals surface area contributed by atoms with Gasteiger partial charge in [0.25, 0.3) is 0 Å². The number of carbonyl (C=O) groups excluding carboxylic acids is 1. The second kappa shape index (κ2) is 30.3. The van der Waals surface area contributed by atoms with Gasteiger partial charge in [-0.15, -0.1) is 0 Å². The van der Waals surface area contributed by atoms with E-state index in [1.807, 2.05) is 21.1 Å². The molecule has 0 amide bonds. The maximum atomic E-state index is 12.3. The van der Waals surface area contributed by atoms with Crippen molar-refractivity contribution in [3.05, 3.63) is 24.3 Å². The number of likely N-dealkylation sites (N-methyl/N-ethyl adjacent to an activating group) is 1. The molecule has 0 aromatic carbocycles. The van der Waals surface area contributed by atoms with Crippen molar-refractivity contribution in [3.63, 3.8) is 0 Å². The van der Waals surface area contributed by atoms with Gasteiger partial charge in [0.05, 0.1) is 34.4 Å². The summed E-state index contributed by atoms with van der Waals surface area (Å²) in [4.78, 5) is 22.4. The van der Waals surface area contributed by atoms with Gasteiger partial charge in [0.15, 0.2) is 0 Å². The number of hydrogen-bond donors (Lipinski definition) is 1. The van der Waals surface area contributed by atoms with Gasteiger partial charge in [-0.3, -0.25) is 13.8 Å².